The summed E-state index contributed by atoms with van der Waals surface area (Å²) < 4.78 is 0. The van der Waals surface area contributed by atoms with Crippen molar-refractivity contribution in [1.82, 2.24) is 10.3 Å². The molecule has 8 heteroatoms. The lowest BCUT2D eigenvalue weighted by molar-refractivity contribution is -0.121. The molecule has 142 valence electrons. The highest BCUT2D eigenvalue weighted by atomic mass is 35.5. The van der Waals surface area contributed by atoms with E-state index in [9.17, 15) is 9.59 Å². The van der Waals surface area contributed by atoms with Crippen LogP contribution in [0.15, 0.2) is 48.8 Å². The Balaban J connectivity index is 0.00000312. The summed E-state index contributed by atoms with van der Waals surface area (Å²) in [4.78, 5) is 27.6. The first-order valence-electron chi connectivity index (χ1n) is 7.87. The molecule has 0 saturated carbocycles. The van der Waals surface area contributed by atoms with Crippen molar-refractivity contribution in [2.75, 3.05) is 5.32 Å². The molecule has 0 aliphatic heterocycles. The number of rotatable bonds is 7. The Labute approximate surface area is 165 Å². The Hall–Kier alpha value is -2.15. The largest absolute Gasteiger partial charge is 0.352 e. The van der Waals surface area contributed by atoms with Crippen LogP contribution in [0.4, 0.5) is 5.69 Å². The minimum absolute atomic E-state index is 0. The maximum absolute atomic E-state index is 12.0. The smallest absolute Gasteiger partial charge is 0.257 e. The molecule has 0 radical (unpaired) electrons. The van der Waals surface area contributed by atoms with E-state index < -0.39 is 0 Å². The van der Waals surface area contributed by atoms with Crippen LogP contribution in [-0.2, 0) is 11.3 Å². The molecule has 0 aliphatic carbocycles. The van der Waals surface area contributed by atoms with Crippen molar-refractivity contribution in [1.29, 1.82) is 0 Å². The number of nitrogens with zero attached hydrogens (tertiary/aromatic N) is 1. The van der Waals surface area contributed by atoms with Gasteiger partial charge < -0.3 is 16.4 Å². The topological polar surface area (TPSA) is 97.1 Å². The van der Waals surface area contributed by atoms with Gasteiger partial charge in [0.05, 0.1) is 5.56 Å². The molecular weight excluding hydrogens is 375 g/mol. The summed E-state index contributed by atoms with van der Waals surface area (Å²) in [5.41, 5.74) is 7.78. The van der Waals surface area contributed by atoms with Gasteiger partial charge in [0.15, 0.2) is 0 Å². The second kappa shape index (κ2) is 12.2. The number of nitrogens with one attached hydrogen (secondary N) is 2. The van der Waals surface area contributed by atoms with Gasteiger partial charge in [0, 0.05) is 37.1 Å². The summed E-state index contributed by atoms with van der Waals surface area (Å²) in [6, 6.07) is 10.8. The standard InChI is InChI=1S/C18H22N4O2.2ClH/c1-13(19)4-9-17(23)21-11-14-5-7-16(8-6-14)22-18(24)15-3-2-10-20-12-15;;/h2-3,5-8,10,12-13H,4,9,11,19H2,1H3,(H,21,23)(H,22,24);2*1H. The predicted molar refractivity (Wildman–Crippen MR) is 108 cm³/mol. The van der Waals surface area contributed by atoms with Gasteiger partial charge in [0.2, 0.25) is 5.91 Å². The third-order valence-corrected chi connectivity index (χ3v) is 3.45. The van der Waals surface area contributed by atoms with Gasteiger partial charge in [-0.2, -0.15) is 0 Å². The zero-order valence-corrected chi connectivity index (χ0v) is 16.1. The first kappa shape index (κ1) is 23.9. The van der Waals surface area contributed by atoms with E-state index in [1.165, 1.54) is 6.20 Å². The van der Waals surface area contributed by atoms with E-state index in [1.54, 1.807) is 30.5 Å². The van der Waals surface area contributed by atoms with Crippen LogP contribution in [0.2, 0.25) is 0 Å². The number of carbonyl (C=O) groups is 2. The molecule has 1 unspecified atom stereocenters. The van der Waals surface area contributed by atoms with E-state index in [4.69, 9.17) is 5.73 Å². The molecule has 2 amide bonds. The van der Waals surface area contributed by atoms with Crippen LogP contribution in [0, 0.1) is 0 Å². The number of carbonyl (C=O) groups excluding carboxylic acids is 2. The second-order valence-electron chi connectivity index (χ2n) is 5.69. The first-order chi connectivity index (χ1) is 11.5. The third kappa shape index (κ3) is 8.29. The van der Waals surface area contributed by atoms with E-state index in [2.05, 4.69) is 15.6 Å². The summed E-state index contributed by atoms with van der Waals surface area (Å²) >= 11 is 0. The van der Waals surface area contributed by atoms with E-state index in [0.717, 1.165) is 5.56 Å². The number of hydrogen-bond acceptors (Lipinski definition) is 4. The van der Waals surface area contributed by atoms with E-state index in [-0.39, 0.29) is 42.7 Å². The van der Waals surface area contributed by atoms with Crippen molar-refractivity contribution >= 4 is 42.3 Å². The van der Waals surface area contributed by atoms with E-state index >= 15 is 0 Å². The number of hydrogen-bond donors (Lipinski definition) is 3. The Morgan fingerprint density at radius 3 is 2.42 bits per heavy atom. The first-order valence-corrected chi connectivity index (χ1v) is 7.87. The van der Waals surface area contributed by atoms with Crippen molar-refractivity contribution in [2.24, 2.45) is 5.73 Å². The Morgan fingerprint density at radius 1 is 1.15 bits per heavy atom. The molecular formula is C18H24Cl2N4O2. The number of nitrogens with two attached hydrogens (primary N) is 1. The fourth-order valence-corrected chi connectivity index (χ4v) is 2.05. The van der Waals surface area contributed by atoms with Crippen LogP contribution in [-0.4, -0.2) is 22.8 Å². The van der Waals surface area contributed by atoms with Crippen molar-refractivity contribution in [3.05, 3.63) is 59.9 Å². The van der Waals surface area contributed by atoms with Crippen molar-refractivity contribution < 1.29 is 9.59 Å². The normalized spacial score (nSPS) is 10.7. The minimum atomic E-state index is -0.208. The van der Waals surface area contributed by atoms with E-state index in [0.29, 0.717) is 30.6 Å². The molecule has 1 aromatic carbocycles. The van der Waals surface area contributed by atoms with Gasteiger partial charge in [0.1, 0.15) is 0 Å². The fourth-order valence-electron chi connectivity index (χ4n) is 2.05. The number of amides is 2. The number of anilines is 1. The number of pyridine rings is 1. The molecule has 4 N–H and O–H groups in total. The van der Waals surface area contributed by atoms with E-state index in [1.807, 2.05) is 19.1 Å². The van der Waals surface area contributed by atoms with Gasteiger partial charge in [-0.25, -0.2) is 0 Å². The van der Waals surface area contributed by atoms with Gasteiger partial charge in [-0.3, -0.25) is 14.6 Å². The van der Waals surface area contributed by atoms with Crippen LogP contribution in [0.3, 0.4) is 0 Å². The highest BCUT2D eigenvalue weighted by Crippen LogP contribution is 2.11. The molecule has 26 heavy (non-hydrogen) atoms. The average molecular weight is 399 g/mol. The second-order valence-corrected chi connectivity index (χ2v) is 5.69. The van der Waals surface area contributed by atoms with Crippen LogP contribution >= 0.6 is 24.8 Å². The SMILES string of the molecule is CC(N)CCC(=O)NCc1ccc(NC(=O)c2cccnc2)cc1.Cl.Cl. The Morgan fingerprint density at radius 2 is 1.85 bits per heavy atom. The quantitative estimate of drug-likeness (QED) is 0.667. The maximum atomic E-state index is 12.0. The van der Waals surface area contributed by atoms with Crippen LogP contribution in [0.1, 0.15) is 35.7 Å². The Kier molecular flexibility index (Phi) is 11.2. The molecule has 1 atom stereocenters. The van der Waals surface area contributed by atoms with Crippen molar-refractivity contribution in [2.45, 2.75) is 32.4 Å². The minimum Gasteiger partial charge on any atom is -0.352 e. The molecule has 0 fully saturated rings. The zero-order chi connectivity index (χ0) is 17.4. The van der Waals surface area contributed by atoms with Crippen molar-refractivity contribution in [3.8, 4) is 0 Å². The average Bonchev–Trinajstić information content (AvgIpc) is 2.60. The van der Waals surface area contributed by atoms with Crippen molar-refractivity contribution in [3.63, 3.8) is 0 Å². The van der Waals surface area contributed by atoms with Crippen LogP contribution in [0.5, 0.6) is 0 Å². The lowest BCUT2D eigenvalue weighted by atomic mass is 10.1. The number of benzene rings is 1. The summed E-state index contributed by atoms with van der Waals surface area (Å²) in [6.07, 6.45) is 4.23. The summed E-state index contributed by atoms with van der Waals surface area (Å²) in [7, 11) is 0. The molecule has 0 saturated heterocycles. The monoisotopic (exact) mass is 398 g/mol. The van der Waals surface area contributed by atoms with Crippen LogP contribution in [0.25, 0.3) is 0 Å². The fraction of sp³-hybridized carbons (Fsp3) is 0.278. The molecule has 1 aromatic heterocycles. The molecule has 0 bridgehead atoms. The van der Waals surface area contributed by atoms with Gasteiger partial charge >= 0.3 is 0 Å². The highest BCUT2D eigenvalue weighted by Gasteiger charge is 2.06. The zero-order valence-electron chi connectivity index (χ0n) is 14.5. The van der Waals surface area contributed by atoms with Gasteiger partial charge in [0.25, 0.3) is 5.91 Å². The predicted octanol–water partition coefficient (Wildman–Crippen LogP) is 2.92. The third-order valence-electron chi connectivity index (χ3n) is 3.45. The summed E-state index contributed by atoms with van der Waals surface area (Å²) in [5, 5.41) is 5.65. The number of halogens is 2. The van der Waals surface area contributed by atoms with Crippen LogP contribution < -0.4 is 16.4 Å². The summed E-state index contributed by atoms with van der Waals surface area (Å²) in [5.74, 6) is -0.221. The van der Waals surface area contributed by atoms with Gasteiger partial charge in [-0.05, 0) is 43.2 Å². The molecule has 2 rings (SSSR count). The molecule has 0 aliphatic rings. The highest BCUT2D eigenvalue weighted by molar-refractivity contribution is 6.04. The van der Waals surface area contributed by atoms with Gasteiger partial charge in [-0.1, -0.05) is 12.1 Å². The summed E-state index contributed by atoms with van der Waals surface area (Å²) in [6.45, 7) is 2.33. The molecule has 6 nitrogen and oxygen atoms in total. The lowest BCUT2D eigenvalue weighted by Gasteiger charge is -2.08. The maximum Gasteiger partial charge on any atom is 0.257 e. The molecule has 0 spiro atoms. The number of aromatic nitrogens is 1. The lowest BCUT2D eigenvalue weighted by Crippen LogP contribution is -2.25. The molecule has 1 heterocycles. The van der Waals surface area contributed by atoms with Gasteiger partial charge in [-0.15, -0.1) is 24.8 Å². The Bertz CT molecular complexity index is 679. The molecule has 2 aromatic rings.